The van der Waals surface area contributed by atoms with Crippen LogP contribution in [0.1, 0.15) is 36.7 Å². The summed E-state index contributed by atoms with van der Waals surface area (Å²) in [7, 11) is -3.21. The number of piperidine rings is 1. The van der Waals surface area contributed by atoms with E-state index in [-0.39, 0.29) is 11.9 Å². The lowest BCUT2D eigenvalue weighted by molar-refractivity contribution is -0.127. The zero-order valence-corrected chi connectivity index (χ0v) is 19.0. The lowest BCUT2D eigenvalue weighted by Gasteiger charge is -2.36. The summed E-state index contributed by atoms with van der Waals surface area (Å²) in [6.07, 6.45) is 6.10. The Morgan fingerprint density at radius 1 is 1.17 bits per heavy atom. The Morgan fingerprint density at radius 2 is 1.80 bits per heavy atom. The number of carbonyl (C=O) groups is 1. The van der Waals surface area contributed by atoms with Gasteiger partial charge in [0.1, 0.15) is 0 Å². The van der Waals surface area contributed by atoms with Crippen LogP contribution in [0.4, 0.5) is 0 Å². The standard InChI is InChI=1S/C23H31N3O3S/c1-5-25(30(4,28)29)21-13-15-24(16-14-21)23(27)12-11-20-17-18(2)26(19(20)3)22-9-7-6-8-10-22/h6-12,17,21H,5,13-16H2,1-4H3. The first-order valence-electron chi connectivity index (χ1n) is 10.4. The second kappa shape index (κ2) is 9.18. The Balaban J connectivity index is 1.66. The molecule has 0 radical (unpaired) electrons. The van der Waals surface area contributed by atoms with Crippen LogP contribution < -0.4 is 0 Å². The summed E-state index contributed by atoms with van der Waals surface area (Å²) in [5.41, 5.74) is 4.33. The van der Waals surface area contributed by atoms with Crippen molar-refractivity contribution in [3.63, 3.8) is 0 Å². The molecule has 0 bridgehead atoms. The molecule has 0 spiro atoms. The van der Waals surface area contributed by atoms with E-state index in [4.69, 9.17) is 0 Å². The van der Waals surface area contributed by atoms with Gasteiger partial charge in [0, 0.05) is 48.8 Å². The van der Waals surface area contributed by atoms with Crippen molar-refractivity contribution in [3.05, 3.63) is 59.4 Å². The summed E-state index contributed by atoms with van der Waals surface area (Å²) in [6.45, 7) is 7.58. The van der Waals surface area contributed by atoms with Gasteiger partial charge in [0.25, 0.3) is 0 Å². The molecule has 0 N–H and O–H groups in total. The lowest BCUT2D eigenvalue weighted by atomic mass is 10.0. The van der Waals surface area contributed by atoms with Crippen molar-refractivity contribution < 1.29 is 13.2 Å². The van der Waals surface area contributed by atoms with Crippen LogP contribution in [0, 0.1) is 13.8 Å². The molecule has 0 saturated carbocycles. The molecule has 1 aliphatic rings. The number of para-hydroxylation sites is 1. The average molecular weight is 430 g/mol. The number of sulfonamides is 1. The number of benzene rings is 1. The Hall–Kier alpha value is -2.38. The number of aryl methyl sites for hydroxylation is 1. The first-order chi connectivity index (χ1) is 14.2. The predicted octanol–water partition coefficient (Wildman–Crippen LogP) is 3.38. The molecular weight excluding hydrogens is 398 g/mol. The van der Waals surface area contributed by atoms with Crippen LogP contribution >= 0.6 is 0 Å². The number of aromatic nitrogens is 1. The summed E-state index contributed by atoms with van der Waals surface area (Å²) < 4.78 is 27.6. The molecule has 2 aromatic rings. The van der Waals surface area contributed by atoms with Crippen molar-refractivity contribution in [1.82, 2.24) is 13.8 Å². The summed E-state index contributed by atoms with van der Waals surface area (Å²) in [6, 6.07) is 12.2. The highest BCUT2D eigenvalue weighted by molar-refractivity contribution is 7.88. The maximum Gasteiger partial charge on any atom is 0.246 e. The molecule has 2 heterocycles. The Bertz CT molecular complexity index is 1020. The highest BCUT2D eigenvalue weighted by Crippen LogP contribution is 2.23. The molecule has 0 aliphatic carbocycles. The van der Waals surface area contributed by atoms with Gasteiger partial charge in [-0.1, -0.05) is 25.1 Å². The number of carbonyl (C=O) groups excluding carboxylic acids is 1. The number of nitrogens with zero attached hydrogens (tertiary/aromatic N) is 3. The SMILES string of the molecule is CCN(C1CCN(C(=O)C=Cc2cc(C)n(-c3ccccc3)c2C)CC1)S(C)(=O)=O. The van der Waals surface area contributed by atoms with E-state index in [1.807, 2.05) is 31.2 Å². The first-order valence-corrected chi connectivity index (χ1v) is 12.3. The second-order valence-corrected chi connectivity index (χ2v) is 9.79. The minimum absolute atomic E-state index is 0.0252. The number of hydrogen-bond donors (Lipinski definition) is 0. The smallest absolute Gasteiger partial charge is 0.246 e. The number of likely N-dealkylation sites (tertiary alicyclic amines) is 1. The number of rotatable bonds is 6. The third-order valence-electron chi connectivity index (χ3n) is 5.81. The Kier molecular flexibility index (Phi) is 6.83. The molecule has 1 aromatic heterocycles. The minimum Gasteiger partial charge on any atom is -0.339 e. The molecule has 1 aliphatic heterocycles. The molecule has 30 heavy (non-hydrogen) atoms. The van der Waals surface area contributed by atoms with Gasteiger partial charge in [0.2, 0.25) is 15.9 Å². The maximum atomic E-state index is 12.7. The third kappa shape index (κ3) is 4.84. The van der Waals surface area contributed by atoms with Gasteiger partial charge in [0.15, 0.2) is 0 Å². The van der Waals surface area contributed by atoms with Gasteiger partial charge < -0.3 is 9.47 Å². The fourth-order valence-corrected chi connectivity index (χ4v) is 5.56. The minimum atomic E-state index is -3.21. The van der Waals surface area contributed by atoms with Crippen molar-refractivity contribution >= 4 is 22.0 Å². The van der Waals surface area contributed by atoms with E-state index < -0.39 is 10.0 Å². The largest absolute Gasteiger partial charge is 0.339 e. The van der Waals surface area contributed by atoms with Crippen molar-refractivity contribution in [2.75, 3.05) is 25.9 Å². The highest BCUT2D eigenvalue weighted by atomic mass is 32.2. The van der Waals surface area contributed by atoms with Crippen LogP contribution in [-0.4, -0.2) is 60.0 Å². The normalized spacial score (nSPS) is 16.0. The Morgan fingerprint density at radius 3 is 2.37 bits per heavy atom. The van der Waals surface area contributed by atoms with Crippen LogP contribution in [0.25, 0.3) is 11.8 Å². The van der Waals surface area contributed by atoms with E-state index in [1.165, 1.54) is 6.26 Å². The predicted molar refractivity (Wildman–Crippen MR) is 121 cm³/mol. The summed E-state index contributed by atoms with van der Waals surface area (Å²) in [5, 5.41) is 0. The van der Waals surface area contributed by atoms with Crippen LogP contribution in [0.3, 0.4) is 0 Å². The van der Waals surface area contributed by atoms with Crippen molar-refractivity contribution in [1.29, 1.82) is 0 Å². The number of hydrogen-bond acceptors (Lipinski definition) is 3. The molecule has 7 heteroatoms. The molecule has 3 rings (SSSR count). The second-order valence-electron chi connectivity index (χ2n) is 7.85. The molecule has 162 valence electrons. The van der Waals surface area contributed by atoms with E-state index in [9.17, 15) is 13.2 Å². The average Bonchev–Trinajstić information content (AvgIpc) is 3.00. The summed E-state index contributed by atoms with van der Waals surface area (Å²) in [5.74, 6) is -0.0274. The fourth-order valence-electron chi connectivity index (χ4n) is 4.33. The van der Waals surface area contributed by atoms with Crippen LogP contribution in [0.15, 0.2) is 42.5 Å². The molecular formula is C23H31N3O3S. The zero-order valence-electron chi connectivity index (χ0n) is 18.2. The highest BCUT2D eigenvalue weighted by Gasteiger charge is 2.30. The molecule has 1 saturated heterocycles. The lowest BCUT2D eigenvalue weighted by Crippen LogP contribution is -2.48. The van der Waals surface area contributed by atoms with Gasteiger partial charge in [-0.3, -0.25) is 4.79 Å². The monoisotopic (exact) mass is 429 g/mol. The molecule has 1 aromatic carbocycles. The molecule has 6 nitrogen and oxygen atoms in total. The summed E-state index contributed by atoms with van der Waals surface area (Å²) in [4.78, 5) is 14.5. The van der Waals surface area contributed by atoms with E-state index >= 15 is 0 Å². The number of amides is 1. The first kappa shape index (κ1) is 22.3. The molecule has 1 amide bonds. The molecule has 1 fully saturated rings. The van der Waals surface area contributed by atoms with Gasteiger partial charge in [-0.15, -0.1) is 0 Å². The quantitative estimate of drug-likeness (QED) is 0.662. The van der Waals surface area contributed by atoms with Crippen LogP contribution in [0.2, 0.25) is 0 Å². The Labute approximate surface area is 179 Å². The van der Waals surface area contributed by atoms with Crippen LogP contribution in [0.5, 0.6) is 0 Å². The van der Waals surface area contributed by atoms with Crippen molar-refractivity contribution in [3.8, 4) is 5.69 Å². The summed E-state index contributed by atoms with van der Waals surface area (Å²) >= 11 is 0. The maximum absolute atomic E-state index is 12.7. The molecule has 0 atom stereocenters. The zero-order chi connectivity index (χ0) is 21.9. The van der Waals surface area contributed by atoms with Gasteiger partial charge in [-0.2, -0.15) is 4.31 Å². The van der Waals surface area contributed by atoms with Crippen LogP contribution in [-0.2, 0) is 14.8 Å². The van der Waals surface area contributed by atoms with Gasteiger partial charge in [0.05, 0.1) is 6.26 Å². The van der Waals surface area contributed by atoms with E-state index in [0.717, 1.165) is 22.6 Å². The topological polar surface area (TPSA) is 62.6 Å². The third-order valence-corrected chi connectivity index (χ3v) is 7.22. The van der Waals surface area contributed by atoms with Crippen molar-refractivity contribution in [2.24, 2.45) is 0 Å². The van der Waals surface area contributed by atoms with Gasteiger partial charge >= 0.3 is 0 Å². The van der Waals surface area contributed by atoms with Gasteiger partial charge in [-0.25, -0.2) is 8.42 Å². The van der Waals surface area contributed by atoms with E-state index in [0.29, 0.717) is 32.5 Å². The fraction of sp³-hybridized carbons (Fsp3) is 0.435. The van der Waals surface area contributed by atoms with E-state index in [2.05, 4.69) is 36.6 Å². The van der Waals surface area contributed by atoms with E-state index in [1.54, 1.807) is 15.3 Å². The molecule has 0 unspecified atom stereocenters. The van der Waals surface area contributed by atoms with Gasteiger partial charge in [-0.05, 0) is 56.5 Å². The van der Waals surface area contributed by atoms with Crippen molar-refractivity contribution in [2.45, 2.75) is 39.7 Å².